The number of hydroxylamine groups is 1. The number of halogens is 3. The SMILES string of the molecule is CC1CCN(C(=O)N(Cc2ccc(C(=O)NO)cc2)c2cccc(C(F)(F)F)c2)CC1. The van der Waals surface area contributed by atoms with Crippen molar-refractivity contribution in [2.75, 3.05) is 18.0 Å². The largest absolute Gasteiger partial charge is 0.416 e. The van der Waals surface area contributed by atoms with Crippen LogP contribution in [0.5, 0.6) is 0 Å². The van der Waals surface area contributed by atoms with Gasteiger partial charge in [-0.3, -0.25) is 14.9 Å². The zero-order valence-corrected chi connectivity index (χ0v) is 17.0. The molecule has 1 fully saturated rings. The van der Waals surface area contributed by atoms with Crippen molar-refractivity contribution in [3.63, 3.8) is 0 Å². The molecule has 0 atom stereocenters. The van der Waals surface area contributed by atoms with Crippen molar-refractivity contribution >= 4 is 17.6 Å². The van der Waals surface area contributed by atoms with Gasteiger partial charge in [0.05, 0.1) is 12.1 Å². The Labute approximate surface area is 178 Å². The lowest BCUT2D eigenvalue weighted by Gasteiger charge is -2.35. The first-order valence-electron chi connectivity index (χ1n) is 9.96. The van der Waals surface area contributed by atoms with E-state index in [1.54, 1.807) is 17.0 Å². The number of nitrogens with one attached hydrogen (secondary N) is 1. The van der Waals surface area contributed by atoms with Gasteiger partial charge < -0.3 is 4.90 Å². The summed E-state index contributed by atoms with van der Waals surface area (Å²) in [5, 5.41) is 8.73. The van der Waals surface area contributed by atoms with Crippen molar-refractivity contribution in [1.29, 1.82) is 0 Å². The Morgan fingerprint density at radius 1 is 1.13 bits per heavy atom. The minimum atomic E-state index is -4.52. The number of piperidine rings is 1. The van der Waals surface area contributed by atoms with Gasteiger partial charge in [-0.25, -0.2) is 10.3 Å². The number of benzene rings is 2. The van der Waals surface area contributed by atoms with Gasteiger partial charge in [-0.2, -0.15) is 13.2 Å². The molecule has 2 N–H and O–H groups in total. The molecule has 0 unspecified atom stereocenters. The van der Waals surface area contributed by atoms with Crippen LogP contribution in [0, 0.1) is 5.92 Å². The van der Waals surface area contributed by atoms with Crippen LogP contribution in [0.4, 0.5) is 23.7 Å². The molecule has 0 saturated carbocycles. The molecule has 0 radical (unpaired) electrons. The van der Waals surface area contributed by atoms with E-state index in [4.69, 9.17) is 5.21 Å². The Balaban J connectivity index is 1.91. The van der Waals surface area contributed by atoms with E-state index in [9.17, 15) is 22.8 Å². The number of carbonyl (C=O) groups is 2. The molecule has 2 aromatic carbocycles. The van der Waals surface area contributed by atoms with Gasteiger partial charge in [0.2, 0.25) is 0 Å². The number of alkyl halides is 3. The number of rotatable bonds is 4. The number of anilines is 1. The molecule has 1 aliphatic heterocycles. The summed E-state index contributed by atoms with van der Waals surface area (Å²) in [6.07, 6.45) is -2.84. The highest BCUT2D eigenvalue weighted by atomic mass is 19.4. The Morgan fingerprint density at radius 2 is 1.77 bits per heavy atom. The smallest absolute Gasteiger partial charge is 0.324 e. The number of carbonyl (C=O) groups excluding carboxylic acids is 2. The van der Waals surface area contributed by atoms with Crippen LogP contribution in [0.15, 0.2) is 48.5 Å². The second-order valence-electron chi connectivity index (χ2n) is 7.72. The molecule has 3 rings (SSSR count). The Kier molecular flexibility index (Phi) is 6.84. The first kappa shape index (κ1) is 22.6. The zero-order valence-electron chi connectivity index (χ0n) is 17.0. The van der Waals surface area contributed by atoms with Crippen LogP contribution >= 0.6 is 0 Å². The van der Waals surface area contributed by atoms with Gasteiger partial charge in [-0.05, 0) is 54.7 Å². The van der Waals surface area contributed by atoms with Gasteiger partial charge in [0.25, 0.3) is 5.91 Å². The molecule has 2 aromatic rings. The van der Waals surface area contributed by atoms with Crippen molar-refractivity contribution in [1.82, 2.24) is 10.4 Å². The van der Waals surface area contributed by atoms with Crippen LogP contribution in [0.25, 0.3) is 0 Å². The van der Waals surface area contributed by atoms with E-state index in [1.807, 2.05) is 0 Å². The molecule has 0 aliphatic carbocycles. The topological polar surface area (TPSA) is 72.9 Å². The summed E-state index contributed by atoms with van der Waals surface area (Å²) in [5.41, 5.74) is 1.70. The third-order valence-electron chi connectivity index (χ3n) is 5.43. The van der Waals surface area contributed by atoms with E-state index in [0.717, 1.165) is 25.0 Å². The third-order valence-corrected chi connectivity index (χ3v) is 5.43. The molecule has 31 heavy (non-hydrogen) atoms. The molecule has 9 heteroatoms. The van der Waals surface area contributed by atoms with Crippen molar-refractivity contribution in [3.8, 4) is 0 Å². The molecule has 3 amide bonds. The number of amides is 3. The second kappa shape index (κ2) is 9.38. The predicted molar refractivity (Wildman–Crippen MR) is 109 cm³/mol. The van der Waals surface area contributed by atoms with Gasteiger partial charge in [0, 0.05) is 24.3 Å². The van der Waals surface area contributed by atoms with Crippen molar-refractivity contribution in [3.05, 3.63) is 65.2 Å². The Bertz CT molecular complexity index is 924. The van der Waals surface area contributed by atoms with Crippen LogP contribution in [0.3, 0.4) is 0 Å². The molecule has 1 aliphatic rings. The Hall–Kier alpha value is -3.07. The fourth-order valence-corrected chi connectivity index (χ4v) is 3.50. The lowest BCUT2D eigenvalue weighted by molar-refractivity contribution is -0.137. The number of urea groups is 1. The molecule has 0 bridgehead atoms. The fourth-order valence-electron chi connectivity index (χ4n) is 3.50. The van der Waals surface area contributed by atoms with Crippen LogP contribution in [-0.2, 0) is 12.7 Å². The standard InChI is InChI=1S/C22H24F3N3O3/c1-15-9-11-27(12-10-15)21(30)28(19-4-2-3-18(13-19)22(23,24)25)14-16-5-7-17(8-6-16)20(29)26-31/h2-8,13,15,31H,9-12,14H2,1H3,(H,26,29). The predicted octanol–water partition coefficient (Wildman–Crippen LogP) is 4.68. The summed E-state index contributed by atoms with van der Waals surface area (Å²) in [4.78, 5) is 27.8. The molecule has 0 aromatic heterocycles. The molecule has 1 saturated heterocycles. The quantitative estimate of drug-likeness (QED) is 0.541. The average molecular weight is 435 g/mol. The average Bonchev–Trinajstić information content (AvgIpc) is 2.77. The maximum atomic E-state index is 13.3. The highest BCUT2D eigenvalue weighted by Crippen LogP contribution is 2.32. The van der Waals surface area contributed by atoms with Gasteiger partial charge in [-0.15, -0.1) is 0 Å². The maximum absolute atomic E-state index is 13.3. The minimum absolute atomic E-state index is 0.0349. The van der Waals surface area contributed by atoms with E-state index in [1.165, 1.54) is 34.6 Å². The van der Waals surface area contributed by atoms with Gasteiger partial charge in [0.15, 0.2) is 0 Å². The summed E-state index contributed by atoms with van der Waals surface area (Å²) in [6, 6.07) is 10.5. The van der Waals surface area contributed by atoms with Crippen LogP contribution in [0.2, 0.25) is 0 Å². The molecular weight excluding hydrogens is 411 g/mol. The summed E-state index contributed by atoms with van der Waals surface area (Å²) < 4.78 is 39.7. The van der Waals surface area contributed by atoms with Crippen LogP contribution in [0.1, 0.15) is 41.3 Å². The van der Waals surface area contributed by atoms with E-state index in [2.05, 4.69) is 6.92 Å². The zero-order chi connectivity index (χ0) is 22.6. The highest BCUT2D eigenvalue weighted by molar-refractivity contribution is 5.94. The third kappa shape index (κ3) is 5.55. The van der Waals surface area contributed by atoms with E-state index < -0.39 is 17.6 Å². The number of nitrogens with zero attached hydrogens (tertiary/aromatic N) is 2. The summed E-state index contributed by atoms with van der Waals surface area (Å²) >= 11 is 0. The van der Waals surface area contributed by atoms with Gasteiger partial charge >= 0.3 is 12.2 Å². The van der Waals surface area contributed by atoms with Crippen LogP contribution in [-0.4, -0.2) is 35.1 Å². The Morgan fingerprint density at radius 3 is 2.35 bits per heavy atom. The summed E-state index contributed by atoms with van der Waals surface area (Å²) in [6.45, 7) is 3.24. The van der Waals surface area contributed by atoms with E-state index in [-0.39, 0.29) is 23.8 Å². The molecule has 0 spiro atoms. The van der Waals surface area contributed by atoms with E-state index in [0.29, 0.717) is 24.6 Å². The fraction of sp³-hybridized carbons (Fsp3) is 0.364. The molecule has 1 heterocycles. The monoisotopic (exact) mass is 435 g/mol. The number of likely N-dealkylation sites (tertiary alicyclic amines) is 1. The lowest BCUT2D eigenvalue weighted by atomic mass is 9.99. The number of hydrogen-bond acceptors (Lipinski definition) is 3. The van der Waals surface area contributed by atoms with Gasteiger partial charge in [0.1, 0.15) is 0 Å². The first-order chi connectivity index (χ1) is 14.7. The highest BCUT2D eigenvalue weighted by Gasteiger charge is 2.32. The van der Waals surface area contributed by atoms with Crippen molar-refractivity contribution in [2.45, 2.75) is 32.5 Å². The first-order valence-corrected chi connectivity index (χ1v) is 9.96. The number of hydrogen-bond donors (Lipinski definition) is 2. The van der Waals surface area contributed by atoms with Crippen molar-refractivity contribution in [2.24, 2.45) is 5.92 Å². The summed E-state index contributed by atoms with van der Waals surface area (Å²) in [7, 11) is 0. The lowest BCUT2D eigenvalue weighted by Crippen LogP contribution is -2.46. The molecule has 166 valence electrons. The maximum Gasteiger partial charge on any atom is 0.416 e. The molecular formula is C22H24F3N3O3. The summed E-state index contributed by atoms with van der Waals surface area (Å²) in [5.74, 6) is -0.184. The van der Waals surface area contributed by atoms with Crippen LogP contribution < -0.4 is 10.4 Å². The van der Waals surface area contributed by atoms with Gasteiger partial charge in [-0.1, -0.05) is 25.1 Å². The second-order valence-corrected chi connectivity index (χ2v) is 7.72. The minimum Gasteiger partial charge on any atom is -0.324 e. The normalized spacial score (nSPS) is 14.9. The molecule has 6 nitrogen and oxygen atoms in total. The van der Waals surface area contributed by atoms with Crippen molar-refractivity contribution < 1.29 is 28.0 Å². The van der Waals surface area contributed by atoms with E-state index >= 15 is 0 Å².